The van der Waals surface area contributed by atoms with E-state index in [1.165, 1.54) is 24.8 Å². The number of rotatable bonds is 7. The van der Waals surface area contributed by atoms with E-state index in [1.807, 2.05) is 72.9 Å². The van der Waals surface area contributed by atoms with Crippen LogP contribution in [0.5, 0.6) is 0 Å². The molecule has 8 rings (SSSR count). The van der Waals surface area contributed by atoms with E-state index in [9.17, 15) is 4.79 Å². The third-order valence-electron chi connectivity index (χ3n) is 8.31. The smallest absolute Gasteiger partial charge is 0.258 e. The average molecular weight is 512 g/mol. The summed E-state index contributed by atoms with van der Waals surface area (Å²) in [5, 5.41) is 8.04. The highest BCUT2D eigenvalue weighted by Gasteiger charge is 2.57. The molecule has 3 fully saturated rings. The predicted octanol–water partition coefficient (Wildman–Crippen LogP) is 7.45. The van der Waals surface area contributed by atoms with Crippen LogP contribution >= 0.6 is 0 Å². The van der Waals surface area contributed by atoms with Crippen LogP contribution in [-0.2, 0) is 5.41 Å². The van der Waals surface area contributed by atoms with Gasteiger partial charge in [0.05, 0.1) is 5.52 Å². The van der Waals surface area contributed by atoms with Crippen molar-refractivity contribution in [1.29, 1.82) is 0 Å². The first kappa shape index (κ1) is 23.4. The van der Waals surface area contributed by atoms with E-state index in [1.54, 1.807) is 24.3 Å². The maximum Gasteiger partial charge on any atom is 0.258 e. The minimum absolute atomic E-state index is 0.0693. The number of anilines is 5. The zero-order valence-corrected chi connectivity index (χ0v) is 21.8. The third kappa shape index (κ3) is 4.28. The predicted molar refractivity (Wildman–Crippen MR) is 157 cm³/mol. The molecule has 0 unspecified atom stereocenters. The van der Waals surface area contributed by atoms with Crippen LogP contribution < -0.4 is 15.5 Å². The monoisotopic (exact) mass is 511 g/mol. The second kappa shape index (κ2) is 9.24. The molecule has 2 bridgehead atoms. The minimum atomic E-state index is -0.0693. The number of benzene rings is 3. The van der Waals surface area contributed by atoms with Gasteiger partial charge in [0.2, 0.25) is 0 Å². The number of nitrogens with zero attached hydrogens (tertiary/aromatic N) is 3. The van der Waals surface area contributed by atoms with Crippen LogP contribution in [0.3, 0.4) is 0 Å². The molecule has 6 heteroatoms. The number of carbonyl (C=O) groups is 1. The van der Waals surface area contributed by atoms with Crippen LogP contribution in [0.25, 0.3) is 10.9 Å². The molecule has 3 aliphatic carbocycles. The van der Waals surface area contributed by atoms with E-state index >= 15 is 0 Å². The fraction of sp³-hybridized carbons (Fsp3) is 0.182. The zero-order chi connectivity index (χ0) is 26.4. The first-order valence-electron chi connectivity index (χ1n) is 13.4. The lowest BCUT2D eigenvalue weighted by atomic mass is 9.42. The fourth-order valence-corrected chi connectivity index (χ4v) is 5.97. The zero-order valence-electron chi connectivity index (χ0n) is 21.8. The Balaban J connectivity index is 1.07. The molecule has 0 atom stereocenters. The number of fused-ring (bicyclic) bond motifs is 1. The SMILES string of the molecule is CN(C(=O)c1ccc(Nc2ccnc3ccc(C45CC(C4)C5)cc23)cc1)c1cccc(Nc2ccncc2)c1. The van der Waals surface area contributed by atoms with Crippen LogP contribution in [0, 0.1) is 5.92 Å². The van der Waals surface area contributed by atoms with Gasteiger partial charge in [0.1, 0.15) is 0 Å². The summed E-state index contributed by atoms with van der Waals surface area (Å²) < 4.78 is 0. The lowest BCUT2D eigenvalue weighted by molar-refractivity contribution is -0.0272. The number of carbonyl (C=O) groups excluding carboxylic acids is 1. The molecule has 0 spiro atoms. The summed E-state index contributed by atoms with van der Waals surface area (Å²) in [6.45, 7) is 0. The Morgan fingerprint density at radius 2 is 1.59 bits per heavy atom. The third-order valence-corrected chi connectivity index (χ3v) is 8.31. The summed E-state index contributed by atoms with van der Waals surface area (Å²) in [5.41, 5.74) is 8.09. The molecule has 3 aromatic carbocycles. The molecular weight excluding hydrogens is 482 g/mol. The Morgan fingerprint density at radius 1 is 0.821 bits per heavy atom. The van der Waals surface area contributed by atoms with Gasteiger partial charge in [0.25, 0.3) is 5.91 Å². The topological polar surface area (TPSA) is 70.2 Å². The van der Waals surface area contributed by atoms with Crippen molar-refractivity contribution in [3.8, 4) is 0 Å². The maximum absolute atomic E-state index is 13.3. The number of pyridine rings is 2. The van der Waals surface area contributed by atoms with Gasteiger partial charge >= 0.3 is 0 Å². The first-order chi connectivity index (χ1) is 19.1. The largest absolute Gasteiger partial charge is 0.355 e. The normalized spacial score (nSPS) is 19.1. The highest BCUT2D eigenvalue weighted by atomic mass is 16.2. The van der Waals surface area contributed by atoms with Gasteiger partial charge in [-0.2, -0.15) is 0 Å². The van der Waals surface area contributed by atoms with Gasteiger partial charge in [-0.25, -0.2) is 0 Å². The molecule has 2 aromatic heterocycles. The molecule has 0 aliphatic heterocycles. The van der Waals surface area contributed by atoms with E-state index in [4.69, 9.17) is 0 Å². The summed E-state index contributed by atoms with van der Waals surface area (Å²) >= 11 is 0. The highest BCUT2D eigenvalue weighted by Crippen LogP contribution is 2.65. The molecule has 6 nitrogen and oxygen atoms in total. The van der Waals surface area contributed by atoms with Gasteiger partial charge in [-0.05, 0) is 109 Å². The number of nitrogens with one attached hydrogen (secondary N) is 2. The van der Waals surface area contributed by atoms with E-state index in [2.05, 4.69) is 38.8 Å². The second-order valence-corrected chi connectivity index (χ2v) is 10.8. The number of hydrogen-bond acceptors (Lipinski definition) is 5. The summed E-state index contributed by atoms with van der Waals surface area (Å²) in [6.07, 6.45) is 9.32. The van der Waals surface area contributed by atoms with Crippen molar-refractivity contribution in [3.63, 3.8) is 0 Å². The summed E-state index contributed by atoms with van der Waals surface area (Å²) in [7, 11) is 1.80. The molecule has 3 saturated carbocycles. The van der Waals surface area contributed by atoms with Crippen molar-refractivity contribution >= 4 is 45.2 Å². The van der Waals surface area contributed by atoms with Crippen molar-refractivity contribution in [2.24, 2.45) is 5.92 Å². The fourth-order valence-electron chi connectivity index (χ4n) is 5.97. The minimum Gasteiger partial charge on any atom is -0.355 e. The molecule has 2 heterocycles. The van der Waals surface area contributed by atoms with Gasteiger partial charge in [-0.15, -0.1) is 0 Å². The summed E-state index contributed by atoms with van der Waals surface area (Å²) in [6, 6.07) is 28.0. The van der Waals surface area contributed by atoms with Crippen molar-refractivity contribution in [3.05, 3.63) is 115 Å². The van der Waals surface area contributed by atoms with Crippen molar-refractivity contribution in [2.45, 2.75) is 24.7 Å². The van der Waals surface area contributed by atoms with Gasteiger partial charge in [0.15, 0.2) is 0 Å². The van der Waals surface area contributed by atoms with Gasteiger partial charge in [-0.1, -0.05) is 12.1 Å². The molecule has 192 valence electrons. The van der Waals surface area contributed by atoms with Gasteiger partial charge < -0.3 is 15.5 Å². The van der Waals surface area contributed by atoms with E-state index < -0.39 is 0 Å². The summed E-state index contributed by atoms with van der Waals surface area (Å²) in [4.78, 5) is 23.6. The van der Waals surface area contributed by atoms with Crippen LogP contribution in [0.4, 0.5) is 28.4 Å². The number of aromatic nitrogens is 2. The average Bonchev–Trinajstić information content (AvgIpc) is 2.92. The van der Waals surface area contributed by atoms with Crippen LogP contribution in [0.2, 0.25) is 0 Å². The van der Waals surface area contributed by atoms with E-state index in [0.717, 1.165) is 45.3 Å². The second-order valence-electron chi connectivity index (χ2n) is 10.8. The van der Waals surface area contributed by atoms with E-state index in [-0.39, 0.29) is 5.91 Å². The molecule has 0 saturated heterocycles. The maximum atomic E-state index is 13.3. The Hall–Kier alpha value is -4.71. The number of amides is 1. The van der Waals surface area contributed by atoms with E-state index in [0.29, 0.717) is 11.0 Å². The Morgan fingerprint density at radius 3 is 2.33 bits per heavy atom. The molecular formula is C33H29N5O. The lowest BCUT2D eigenvalue weighted by Crippen LogP contribution is -2.55. The van der Waals surface area contributed by atoms with Crippen molar-refractivity contribution in [1.82, 2.24) is 9.97 Å². The Bertz CT molecular complexity index is 1670. The quantitative estimate of drug-likeness (QED) is 0.238. The lowest BCUT2D eigenvalue weighted by Gasteiger charge is -2.62. The number of hydrogen-bond donors (Lipinski definition) is 2. The van der Waals surface area contributed by atoms with Crippen LogP contribution in [0.15, 0.2) is 104 Å². The molecule has 1 amide bonds. The van der Waals surface area contributed by atoms with Crippen LogP contribution in [0.1, 0.15) is 35.2 Å². The standard InChI is InChI=1S/C33H29N5O/c1-38(28-4-2-3-27(18-28)36-26-11-14-34-15-12-26)32(39)23-5-8-25(9-6-23)37-31-13-16-35-30-10-7-24(17-29(30)31)33-19-22(20-33)21-33/h2-18,22H,19-21H2,1H3,(H,34,36)(H,35,37). The Kier molecular flexibility index (Phi) is 5.55. The highest BCUT2D eigenvalue weighted by molar-refractivity contribution is 6.06. The van der Waals surface area contributed by atoms with Crippen LogP contribution in [-0.4, -0.2) is 22.9 Å². The Labute approximate surface area is 227 Å². The molecule has 5 aromatic rings. The van der Waals surface area contributed by atoms with Crippen molar-refractivity contribution < 1.29 is 4.79 Å². The first-order valence-corrected chi connectivity index (χ1v) is 13.4. The van der Waals surface area contributed by atoms with Gasteiger partial charge in [0, 0.05) is 65.0 Å². The van der Waals surface area contributed by atoms with Crippen molar-refractivity contribution in [2.75, 3.05) is 22.6 Å². The molecule has 0 radical (unpaired) electrons. The summed E-state index contributed by atoms with van der Waals surface area (Å²) in [5.74, 6) is 0.875. The molecule has 3 aliphatic rings. The molecule has 39 heavy (non-hydrogen) atoms. The molecule has 2 N–H and O–H groups in total. The van der Waals surface area contributed by atoms with Gasteiger partial charge in [-0.3, -0.25) is 14.8 Å².